The average molecular weight is 663 g/mol. The number of ether oxygens (including phenoxy) is 1. The summed E-state index contributed by atoms with van der Waals surface area (Å²) in [5, 5.41) is 31.4. The summed E-state index contributed by atoms with van der Waals surface area (Å²) in [5.74, 6) is -2.53. The molecule has 49 heavy (non-hydrogen) atoms. The van der Waals surface area contributed by atoms with E-state index in [0.717, 1.165) is 0 Å². The summed E-state index contributed by atoms with van der Waals surface area (Å²) in [6.07, 6.45) is 6.29. The van der Waals surface area contributed by atoms with Crippen LogP contribution in [0.1, 0.15) is 41.7 Å². The molecule has 0 aliphatic rings. The molecule has 0 aliphatic carbocycles. The lowest BCUT2D eigenvalue weighted by atomic mass is 10.1. The number of allylic oxidation sites excluding steroid dienone is 2. The molecule has 6 rings (SSSR count). The van der Waals surface area contributed by atoms with Gasteiger partial charge >= 0.3 is 0 Å². The number of aromatic nitrogens is 8. The average Bonchev–Trinajstić information content (AvgIpc) is 3.63. The lowest BCUT2D eigenvalue weighted by Gasteiger charge is -2.11. The summed E-state index contributed by atoms with van der Waals surface area (Å²) in [6, 6.07) is 11.6. The molecule has 0 radical (unpaired) electrons. The van der Waals surface area contributed by atoms with Gasteiger partial charge in [0.25, 0.3) is 11.8 Å². The van der Waals surface area contributed by atoms with Crippen LogP contribution in [0, 0.1) is 0 Å². The number of hydrogen-bond acceptors (Lipinski definition) is 12. The number of nitrogens with two attached hydrogens (primary N) is 2. The van der Waals surface area contributed by atoms with Crippen LogP contribution in [0.3, 0.4) is 0 Å². The molecule has 0 atom stereocenters. The number of aromatic hydroxyl groups is 1. The number of benzene rings is 2. The van der Waals surface area contributed by atoms with Gasteiger partial charge in [-0.1, -0.05) is 12.2 Å². The molecule has 4 amide bonds. The summed E-state index contributed by atoms with van der Waals surface area (Å²) in [6.45, 7) is 0.178. The SMILES string of the molecule is COc1cc(C(N)=O)cc2nc(NC(=O)c3cccnn3)n(C/C=C/Cn3c(NC(=O)c4cccnn4)nc4cc(C(N)=O)cc(O)c43)c12. The van der Waals surface area contributed by atoms with E-state index in [1.807, 2.05) is 0 Å². The number of rotatable bonds is 11. The first-order valence-electron chi connectivity index (χ1n) is 14.4. The second kappa shape index (κ2) is 13.2. The van der Waals surface area contributed by atoms with Crippen LogP contribution in [-0.4, -0.2) is 75.3 Å². The highest BCUT2D eigenvalue weighted by Gasteiger charge is 2.21. The largest absolute Gasteiger partial charge is 0.506 e. The Morgan fingerprint density at radius 3 is 1.73 bits per heavy atom. The summed E-state index contributed by atoms with van der Waals surface area (Å²) in [4.78, 5) is 58.8. The smallest absolute Gasteiger partial charge is 0.278 e. The Balaban J connectivity index is 1.37. The minimum atomic E-state index is -0.773. The van der Waals surface area contributed by atoms with Crippen molar-refractivity contribution in [3.8, 4) is 11.5 Å². The molecule has 0 bridgehead atoms. The van der Waals surface area contributed by atoms with E-state index in [1.165, 1.54) is 60.5 Å². The van der Waals surface area contributed by atoms with Crippen LogP contribution in [-0.2, 0) is 13.1 Å². The van der Waals surface area contributed by atoms with Crippen molar-refractivity contribution in [3.63, 3.8) is 0 Å². The van der Waals surface area contributed by atoms with Crippen molar-refractivity contribution < 1.29 is 29.0 Å². The van der Waals surface area contributed by atoms with Crippen LogP contribution in [0.5, 0.6) is 11.5 Å². The standard InChI is InChI=1S/C31H26N12O6/c1-49-23-15-17(27(33)46)13-21-25(23)43(31(37-21)39-29(48)19-7-5-9-35-41-19)11-3-2-10-42-24-20(12-16(26(32)45)14-22(24)44)36-30(42)38-28(47)18-6-4-8-34-40-18/h2-9,12-15,44H,10-11H2,1H3,(H2,32,45)(H2,33,46)(H,36,38,47)(H,37,39,48)/b3-2+. The Bertz CT molecular complexity index is 2280. The molecule has 0 saturated carbocycles. The molecule has 0 fully saturated rings. The number of methoxy groups -OCH3 is 1. The molecular weight excluding hydrogens is 636 g/mol. The van der Waals surface area contributed by atoms with Gasteiger partial charge in [0.1, 0.15) is 22.5 Å². The number of nitrogens with one attached hydrogen (secondary N) is 2. The molecular formula is C31H26N12O6. The van der Waals surface area contributed by atoms with Gasteiger partial charge in [-0.2, -0.15) is 10.2 Å². The number of carbonyl (C=O) groups is 4. The number of phenolic OH excluding ortho intramolecular Hbond substituents is 1. The van der Waals surface area contributed by atoms with Gasteiger partial charge in [0.15, 0.2) is 11.4 Å². The minimum absolute atomic E-state index is 0.0217. The molecule has 4 aromatic heterocycles. The summed E-state index contributed by atoms with van der Waals surface area (Å²) in [7, 11) is 1.42. The van der Waals surface area contributed by atoms with E-state index in [2.05, 4.69) is 41.0 Å². The summed E-state index contributed by atoms with van der Waals surface area (Å²) < 4.78 is 8.71. The fourth-order valence-electron chi connectivity index (χ4n) is 5.00. The lowest BCUT2D eigenvalue weighted by Crippen LogP contribution is -2.18. The minimum Gasteiger partial charge on any atom is -0.506 e. The third-order valence-corrected chi connectivity index (χ3v) is 7.22. The van der Waals surface area contributed by atoms with Gasteiger partial charge in [0.05, 0.1) is 18.1 Å². The van der Waals surface area contributed by atoms with Crippen molar-refractivity contribution in [3.05, 3.63) is 95.6 Å². The van der Waals surface area contributed by atoms with E-state index in [9.17, 15) is 24.3 Å². The number of imidazole rings is 2. The highest BCUT2D eigenvalue weighted by Crippen LogP contribution is 2.32. The van der Waals surface area contributed by atoms with Gasteiger partial charge in [-0.25, -0.2) is 9.97 Å². The van der Waals surface area contributed by atoms with Crippen molar-refractivity contribution in [2.45, 2.75) is 13.1 Å². The molecule has 246 valence electrons. The van der Waals surface area contributed by atoms with E-state index < -0.39 is 23.6 Å². The number of fused-ring (bicyclic) bond motifs is 2. The van der Waals surface area contributed by atoms with Crippen LogP contribution < -0.4 is 26.8 Å². The number of nitrogens with zero attached hydrogens (tertiary/aromatic N) is 8. The zero-order chi connectivity index (χ0) is 34.7. The van der Waals surface area contributed by atoms with Crippen LogP contribution in [0.25, 0.3) is 22.1 Å². The predicted octanol–water partition coefficient (Wildman–Crippen LogP) is 1.64. The summed E-state index contributed by atoms with van der Waals surface area (Å²) in [5.41, 5.74) is 12.4. The fraction of sp³-hybridized carbons (Fsp3) is 0.0968. The van der Waals surface area contributed by atoms with Crippen LogP contribution in [0.15, 0.2) is 73.1 Å². The lowest BCUT2D eigenvalue weighted by molar-refractivity contribution is 0.0991. The quantitative estimate of drug-likeness (QED) is 0.124. The van der Waals surface area contributed by atoms with E-state index in [-0.39, 0.29) is 70.0 Å². The molecule has 0 unspecified atom stereocenters. The maximum absolute atomic E-state index is 13.0. The van der Waals surface area contributed by atoms with Gasteiger partial charge in [0, 0.05) is 36.6 Å². The van der Waals surface area contributed by atoms with Crippen molar-refractivity contribution in [2.24, 2.45) is 11.5 Å². The van der Waals surface area contributed by atoms with Crippen molar-refractivity contribution in [1.29, 1.82) is 0 Å². The van der Waals surface area contributed by atoms with Crippen LogP contribution >= 0.6 is 0 Å². The number of primary amides is 2. The number of anilines is 2. The van der Waals surface area contributed by atoms with E-state index in [4.69, 9.17) is 16.2 Å². The molecule has 18 heteroatoms. The Morgan fingerprint density at radius 1 is 0.776 bits per heavy atom. The molecule has 0 aliphatic heterocycles. The highest BCUT2D eigenvalue weighted by molar-refractivity contribution is 6.05. The van der Waals surface area contributed by atoms with Crippen LogP contribution in [0.4, 0.5) is 11.9 Å². The van der Waals surface area contributed by atoms with Gasteiger partial charge < -0.3 is 30.4 Å². The third-order valence-electron chi connectivity index (χ3n) is 7.22. The van der Waals surface area contributed by atoms with Gasteiger partial charge in [-0.15, -0.1) is 10.2 Å². The molecule has 6 aromatic rings. The number of hydrogen-bond donors (Lipinski definition) is 5. The third kappa shape index (κ3) is 6.41. The molecule has 7 N–H and O–H groups in total. The van der Waals surface area contributed by atoms with E-state index in [1.54, 1.807) is 28.9 Å². The van der Waals surface area contributed by atoms with Gasteiger partial charge in [-0.05, 0) is 48.5 Å². The van der Waals surface area contributed by atoms with Gasteiger partial charge in [0.2, 0.25) is 23.7 Å². The highest BCUT2D eigenvalue weighted by atomic mass is 16.5. The molecule has 0 spiro atoms. The predicted molar refractivity (Wildman–Crippen MR) is 174 cm³/mol. The summed E-state index contributed by atoms with van der Waals surface area (Å²) >= 11 is 0. The monoisotopic (exact) mass is 662 g/mol. The van der Waals surface area contributed by atoms with Crippen LogP contribution in [0.2, 0.25) is 0 Å². The van der Waals surface area contributed by atoms with E-state index in [0.29, 0.717) is 11.0 Å². The topological polar surface area (TPSA) is 261 Å². The first-order chi connectivity index (χ1) is 23.6. The zero-order valence-corrected chi connectivity index (χ0v) is 25.6. The number of phenols is 1. The zero-order valence-electron chi connectivity index (χ0n) is 25.6. The van der Waals surface area contributed by atoms with Crippen molar-refractivity contribution >= 4 is 57.6 Å². The number of carbonyl (C=O) groups excluding carboxylic acids is 4. The van der Waals surface area contributed by atoms with Crippen molar-refractivity contribution in [1.82, 2.24) is 39.5 Å². The second-order valence-corrected chi connectivity index (χ2v) is 10.3. The first kappa shape index (κ1) is 31.7. The molecule has 2 aromatic carbocycles. The Kier molecular flexibility index (Phi) is 8.57. The fourth-order valence-corrected chi connectivity index (χ4v) is 5.00. The normalized spacial score (nSPS) is 11.2. The number of amides is 4. The maximum Gasteiger partial charge on any atom is 0.278 e. The molecule has 4 heterocycles. The maximum atomic E-state index is 13.0. The van der Waals surface area contributed by atoms with E-state index >= 15 is 0 Å². The molecule has 0 saturated heterocycles. The Hall–Kier alpha value is -7.24. The Morgan fingerprint density at radius 2 is 1.27 bits per heavy atom. The molecule has 18 nitrogen and oxygen atoms in total. The second-order valence-electron chi connectivity index (χ2n) is 10.3. The van der Waals surface area contributed by atoms with Gasteiger partial charge in [-0.3, -0.25) is 29.8 Å². The first-order valence-corrected chi connectivity index (χ1v) is 14.4. The Labute approximate surface area is 275 Å². The van der Waals surface area contributed by atoms with Crippen molar-refractivity contribution in [2.75, 3.05) is 17.7 Å².